The second-order valence-electron chi connectivity index (χ2n) is 9.58. The number of hydrogen-bond donors (Lipinski definition) is 1. The first-order valence-corrected chi connectivity index (χ1v) is 10.7. The quantitative estimate of drug-likeness (QED) is 0.684. The van der Waals surface area contributed by atoms with Gasteiger partial charge < -0.3 is 15.1 Å². The van der Waals surface area contributed by atoms with E-state index in [4.69, 9.17) is 0 Å². The van der Waals surface area contributed by atoms with Gasteiger partial charge in [-0.3, -0.25) is 9.59 Å². The third-order valence-electron chi connectivity index (χ3n) is 5.37. The number of hydrogen-bond acceptors (Lipinski definition) is 3. The molecule has 31 heavy (non-hydrogen) atoms. The van der Waals surface area contributed by atoms with Crippen LogP contribution in [-0.2, 0) is 11.3 Å². The number of nitrogens with zero attached hydrogens (tertiary/aromatic N) is 2. The Labute approximate surface area is 184 Å². The first kappa shape index (κ1) is 22.8. The molecule has 2 aromatic carbocycles. The van der Waals surface area contributed by atoms with Gasteiger partial charge >= 0.3 is 0 Å². The van der Waals surface area contributed by atoms with Gasteiger partial charge in [-0.15, -0.1) is 0 Å². The topological polar surface area (TPSA) is 52.7 Å². The lowest BCUT2D eigenvalue weighted by Gasteiger charge is -2.31. The molecule has 0 heterocycles. The largest absolute Gasteiger partial charge is 0.377 e. The van der Waals surface area contributed by atoms with Crippen LogP contribution in [0.25, 0.3) is 0 Å². The number of rotatable bonds is 7. The van der Waals surface area contributed by atoms with E-state index in [9.17, 15) is 14.0 Å². The number of nitrogens with one attached hydrogen (secondary N) is 1. The van der Waals surface area contributed by atoms with Crippen LogP contribution in [0, 0.1) is 17.2 Å². The number of carbonyl (C=O) groups excluding carboxylic acids is 2. The summed E-state index contributed by atoms with van der Waals surface area (Å²) >= 11 is 0. The number of benzene rings is 2. The summed E-state index contributed by atoms with van der Waals surface area (Å²) in [7, 11) is 3.92. The van der Waals surface area contributed by atoms with Gasteiger partial charge in [-0.1, -0.05) is 26.8 Å². The SMILES string of the molecule is CN(C)c1ccc(NC(=O)c2cccc(F)c2)cc1CN(CC1CC1)C(=O)C(C)(C)C. The Hall–Kier alpha value is -2.89. The van der Waals surface area contributed by atoms with E-state index in [1.54, 1.807) is 6.07 Å². The van der Waals surface area contributed by atoms with Gasteiger partial charge in [-0.05, 0) is 60.7 Å². The fourth-order valence-corrected chi connectivity index (χ4v) is 3.57. The molecule has 0 radical (unpaired) electrons. The molecule has 0 aliphatic heterocycles. The van der Waals surface area contributed by atoms with Crippen molar-refractivity contribution in [3.05, 3.63) is 59.4 Å². The molecule has 2 aromatic rings. The highest BCUT2D eigenvalue weighted by atomic mass is 19.1. The molecular formula is C25H32FN3O2. The molecule has 5 nitrogen and oxygen atoms in total. The molecule has 0 atom stereocenters. The van der Waals surface area contributed by atoms with Crippen LogP contribution in [0.2, 0.25) is 0 Å². The predicted octanol–water partition coefficient (Wildman–Crippen LogP) is 4.93. The minimum absolute atomic E-state index is 0.123. The number of anilines is 2. The van der Waals surface area contributed by atoms with Crippen LogP contribution < -0.4 is 10.2 Å². The maximum absolute atomic E-state index is 13.5. The molecule has 1 N–H and O–H groups in total. The van der Waals surface area contributed by atoms with Crippen LogP contribution >= 0.6 is 0 Å². The molecule has 0 aromatic heterocycles. The third kappa shape index (κ3) is 6.06. The van der Waals surface area contributed by atoms with E-state index in [0.29, 0.717) is 18.2 Å². The monoisotopic (exact) mass is 425 g/mol. The summed E-state index contributed by atoms with van der Waals surface area (Å²) in [4.78, 5) is 29.6. The Morgan fingerprint density at radius 1 is 1.10 bits per heavy atom. The number of carbonyl (C=O) groups is 2. The van der Waals surface area contributed by atoms with Gasteiger partial charge in [0.1, 0.15) is 5.82 Å². The van der Waals surface area contributed by atoms with Crippen molar-refractivity contribution >= 4 is 23.2 Å². The standard InChI is InChI=1S/C25H32FN3O2/c1-25(2,3)24(31)29(15-17-9-10-17)16-19-14-21(11-12-22(19)28(4)5)27-23(30)18-7-6-8-20(26)13-18/h6-8,11-14,17H,9-10,15-16H2,1-5H3,(H,27,30). The van der Waals surface area contributed by atoms with E-state index in [1.165, 1.54) is 18.2 Å². The van der Waals surface area contributed by atoms with Crippen LogP contribution in [0.1, 0.15) is 49.5 Å². The van der Waals surface area contributed by atoms with Crippen molar-refractivity contribution in [3.8, 4) is 0 Å². The van der Waals surface area contributed by atoms with Gasteiger partial charge in [0.05, 0.1) is 0 Å². The number of amides is 2. The van der Waals surface area contributed by atoms with E-state index in [0.717, 1.165) is 30.6 Å². The average molecular weight is 426 g/mol. The highest BCUT2D eigenvalue weighted by molar-refractivity contribution is 6.04. The van der Waals surface area contributed by atoms with Crippen molar-refractivity contribution in [2.24, 2.45) is 11.3 Å². The molecule has 3 rings (SSSR count). The summed E-state index contributed by atoms with van der Waals surface area (Å²) in [6.45, 7) is 7.06. The fraction of sp³-hybridized carbons (Fsp3) is 0.440. The van der Waals surface area contributed by atoms with Gasteiger partial charge in [0.2, 0.25) is 5.91 Å². The van der Waals surface area contributed by atoms with E-state index in [1.807, 2.05) is 62.9 Å². The first-order chi connectivity index (χ1) is 14.5. The Morgan fingerprint density at radius 2 is 1.81 bits per heavy atom. The lowest BCUT2D eigenvalue weighted by atomic mass is 9.94. The van der Waals surface area contributed by atoms with E-state index < -0.39 is 11.2 Å². The summed E-state index contributed by atoms with van der Waals surface area (Å²) in [6, 6.07) is 11.3. The zero-order valence-corrected chi connectivity index (χ0v) is 19.0. The molecule has 0 unspecified atom stereocenters. The van der Waals surface area contributed by atoms with Gasteiger partial charge in [0, 0.05) is 49.5 Å². The second-order valence-corrected chi connectivity index (χ2v) is 9.58. The molecular weight excluding hydrogens is 393 g/mol. The molecule has 0 spiro atoms. The minimum Gasteiger partial charge on any atom is -0.377 e. The lowest BCUT2D eigenvalue weighted by molar-refractivity contribution is -0.140. The van der Waals surface area contributed by atoms with Gasteiger partial charge in [0.15, 0.2) is 0 Å². The van der Waals surface area contributed by atoms with Crippen LogP contribution in [0.5, 0.6) is 0 Å². The molecule has 166 valence electrons. The molecule has 1 fully saturated rings. The Kier molecular flexibility index (Phi) is 6.68. The first-order valence-electron chi connectivity index (χ1n) is 10.7. The predicted molar refractivity (Wildman–Crippen MR) is 123 cm³/mol. The molecule has 1 saturated carbocycles. The Balaban J connectivity index is 1.86. The summed E-state index contributed by atoms with van der Waals surface area (Å²) in [5.41, 5.74) is 2.36. The Bertz CT molecular complexity index is 961. The number of halogens is 1. The smallest absolute Gasteiger partial charge is 0.255 e. The van der Waals surface area contributed by atoms with E-state index >= 15 is 0 Å². The molecule has 0 bridgehead atoms. The highest BCUT2D eigenvalue weighted by Gasteiger charge is 2.32. The van der Waals surface area contributed by atoms with Gasteiger partial charge in [0.25, 0.3) is 5.91 Å². The van der Waals surface area contributed by atoms with Crippen molar-refractivity contribution in [2.75, 3.05) is 30.9 Å². The molecule has 6 heteroatoms. The fourth-order valence-electron chi connectivity index (χ4n) is 3.57. The average Bonchev–Trinajstić information content (AvgIpc) is 3.50. The Morgan fingerprint density at radius 3 is 2.39 bits per heavy atom. The molecule has 2 amide bonds. The minimum atomic E-state index is -0.462. The van der Waals surface area contributed by atoms with Gasteiger partial charge in [-0.2, -0.15) is 0 Å². The second kappa shape index (κ2) is 9.08. The molecule has 1 aliphatic rings. The molecule has 1 aliphatic carbocycles. The maximum atomic E-state index is 13.5. The van der Waals surface area contributed by atoms with E-state index in [-0.39, 0.29) is 17.4 Å². The van der Waals surface area contributed by atoms with Crippen LogP contribution in [0.4, 0.5) is 15.8 Å². The summed E-state index contributed by atoms with van der Waals surface area (Å²) < 4.78 is 13.5. The summed E-state index contributed by atoms with van der Waals surface area (Å²) in [5.74, 6) is -0.125. The zero-order valence-electron chi connectivity index (χ0n) is 19.0. The van der Waals surface area contributed by atoms with Crippen LogP contribution in [0.3, 0.4) is 0 Å². The van der Waals surface area contributed by atoms with Crippen molar-refractivity contribution in [1.29, 1.82) is 0 Å². The van der Waals surface area contributed by atoms with Crippen LogP contribution in [0.15, 0.2) is 42.5 Å². The molecule has 0 saturated heterocycles. The summed E-state index contributed by atoms with van der Waals surface area (Å²) in [6.07, 6.45) is 2.33. The van der Waals surface area contributed by atoms with Crippen LogP contribution in [-0.4, -0.2) is 37.4 Å². The lowest BCUT2D eigenvalue weighted by Crippen LogP contribution is -2.40. The zero-order chi connectivity index (χ0) is 22.8. The van der Waals surface area contributed by atoms with Crippen molar-refractivity contribution in [2.45, 2.75) is 40.2 Å². The van der Waals surface area contributed by atoms with Crippen molar-refractivity contribution in [1.82, 2.24) is 4.90 Å². The van der Waals surface area contributed by atoms with Crippen molar-refractivity contribution < 1.29 is 14.0 Å². The summed E-state index contributed by atoms with van der Waals surface area (Å²) in [5, 5.41) is 2.85. The van der Waals surface area contributed by atoms with Gasteiger partial charge in [-0.25, -0.2) is 4.39 Å². The maximum Gasteiger partial charge on any atom is 0.255 e. The van der Waals surface area contributed by atoms with E-state index in [2.05, 4.69) is 5.32 Å². The highest BCUT2D eigenvalue weighted by Crippen LogP contribution is 2.33. The van der Waals surface area contributed by atoms with Crippen molar-refractivity contribution in [3.63, 3.8) is 0 Å². The third-order valence-corrected chi connectivity index (χ3v) is 5.37. The normalized spacial score (nSPS) is 13.6.